The van der Waals surface area contributed by atoms with Crippen LogP contribution in [0.5, 0.6) is 0 Å². The molecule has 0 amide bonds. The van der Waals surface area contributed by atoms with Gasteiger partial charge in [0.15, 0.2) is 0 Å². The average molecular weight is 321 g/mol. The maximum atomic E-state index is 5.90. The molecule has 120 valence electrons. The average Bonchev–Trinajstić information content (AvgIpc) is 3.07. The normalized spacial score (nSPS) is 22.7. The lowest BCUT2D eigenvalue weighted by molar-refractivity contribution is 0.00559. The molecule has 0 saturated carbocycles. The Bertz CT molecular complexity index is 630. The Kier molecular flexibility index (Phi) is 4.18. The van der Waals surface area contributed by atoms with Crippen LogP contribution in [0.4, 0.5) is 5.13 Å². The molecule has 2 aromatic rings. The minimum Gasteiger partial charge on any atom is -0.372 e. The first-order valence-electron chi connectivity index (χ1n) is 7.62. The van der Waals surface area contributed by atoms with Gasteiger partial charge in [0, 0.05) is 36.6 Å². The van der Waals surface area contributed by atoms with Crippen molar-refractivity contribution in [2.75, 3.05) is 11.9 Å². The maximum Gasteiger partial charge on any atom is 0.202 e. The fourth-order valence-corrected chi connectivity index (χ4v) is 3.41. The Morgan fingerprint density at radius 1 is 1.41 bits per heavy atom. The number of hydrogen-bond acceptors (Lipinski definition) is 6. The zero-order valence-corrected chi connectivity index (χ0v) is 14.4. The highest BCUT2D eigenvalue weighted by atomic mass is 32.1. The SMILES string of the molecule is Cn1cncc1[C@@H]1C[C@H](Nc2nc(C(C)(C)C)ns2)CCO1. The molecule has 0 aliphatic carbocycles. The number of hydrogen-bond donors (Lipinski definition) is 1. The lowest BCUT2D eigenvalue weighted by Crippen LogP contribution is -2.30. The molecule has 2 aromatic heterocycles. The number of aromatic nitrogens is 4. The molecule has 7 heteroatoms. The summed E-state index contributed by atoms with van der Waals surface area (Å²) in [6, 6.07) is 0.356. The summed E-state index contributed by atoms with van der Waals surface area (Å²) in [5.74, 6) is 0.898. The van der Waals surface area contributed by atoms with E-state index in [0.29, 0.717) is 6.04 Å². The lowest BCUT2D eigenvalue weighted by atomic mass is 9.96. The van der Waals surface area contributed by atoms with Crippen LogP contribution in [-0.4, -0.2) is 31.6 Å². The molecule has 0 spiro atoms. The van der Waals surface area contributed by atoms with Crippen molar-refractivity contribution in [2.45, 2.75) is 51.2 Å². The second kappa shape index (κ2) is 5.96. The number of aryl methyl sites for hydroxylation is 1. The van der Waals surface area contributed by atoms with E-state index in [0.717, 1.165) is 36.1 Å². The third-order valence-corrected chi connectivity index (χ3v) is 4.54. The van der Waals surface area contributed by atoms with Crippen molar-refractivity contribution in [2.24, 2.45) is 7.05 Å². The fourth-order valence-electron chi connectivity index (χ4n) is 2.57. The number of nitrogens with one attached hydrogen (secondary N) is 1. The van der Waals surface area contributed by atoms with E-state index in [1.54, 1.807) is 0 Å². The van der Waals surface area contributed by atoms with Crippen molar-refractivity contribution in [1.29, 1.82) is 0 Å². The molecule has 1 saturated heterocycles. The van der Waals surface area contributed by atoms with Crippen molar-refractivity contribution in [3.63, 3.8) is 0 Å². The van der Waals surface area contributed by atoms with Crippen molar-refractivity contribution in [1.82, 2.24) is 18.9 Å². The molecule has 0 aromatic carbocycles. The Morgan fingerprint density at radius 2 is 2.23 bits per heavy atom. The Morgan fingerprint density at radius 3 is 2.86 bits per heavy atom. The van der Waals surface area contributed by atoms with Gasteiger partial charge in [-0.2, -0.15) is 4.37 Å². The first-order valence-corrected chi connectivity index (χ1v) is 8.39. The van der Waals surface area contributed by atoms with E-state index in [4.69, 9.17) is 4.74 Å². The van der Waals surface area contributed by atoms with Crippen LogP contribution in [0.15, 0.2) is 12.5 Å². The van der Waals surface area contributed by atoms with Crippen molar-refractivity contribution in [3.8, 4) is 0 Å². The Labute approximate surface area is 135 Å². The van der Waals surface area contributed by atoms with Gasteiger partial charge in [-0.3, -0.25) is 0 Å². The van der Waals surface area contributed by atoms with Crippen LogP contribution in [0.1, 0.15) is 51.2 Å². The highest BCUT2D eigenvalue weighted by Crippen LogP contribution is 2.30. The topological polar surface area (TPSA) is 64.9 Å². The van der Waals surface area contributed by atoms with E-state index >= 15 is 0 Å². The van der Waals surface area contributed by atoms with E-state index in [-0.39, 0.29) is 11.5 Å². The quantitative estimate of drug-likeness (QED) is 0.941. The van der Waals surface area contributed by atoms with Crippen LogP contribution in [0.3, 0.4) is 0 Å². The number of rotatable bonds is 3. The number of anilines is 1. The summed E-state index contributed by atoms with van der Waals surface area (Å²) < 4.78 is 12.4. The summed E-state index contributed by atoms with van der Waals surface area (Å²) in [5, 5.41) is 4.42. The summed E-state index contributed by atoms with van der Waals surface area (Å²) in [6.45, 7) is 7.14. The van der Waals surface area contributed by atoms with Gasteiger partial charge in [0.25, 0.3) is 0 Å². The van der Waals surface area contributed by atoms with Crippen molar-refractivity contribution < 1.29 is 4.74 Å². The molecule has 3 heterocycles. The van der Waals surface area contributed by atoms with Crippen molar-refractivity contribution >= 4 is 16.7 Å². The Hall–Kier alpha value is -1.47. The maximum absolute atomic E-state index is 5.90. The van der Waals surface area contributed by atoms with Crippen LogP contribution < -0.4 is 5.32 Å². The van der Waals surface area contributed by atoms with E-state index in [1.165, 1.54) is 11.5 Å². The molecule has 22 heavy (non-hydrogen) atoms. The molecule has 0 radical (unpaired) electrons. The molecule has 0 bridgehead atoms. The van der Waals surface area contributed by atoms with Crippen LogP contribution >= 0.6 is 11.5 Å². The van der Waals surface area contributed by atoms with Gasteiger partial charge in [0.05, 0.1) is 18.2 Å². The van der Waals surface area contributed by atoms with Gasteiger partial charge in [0.2, 0.25) is 5.13 Å². The molecule has 2 atom stereocenters. The van der Waals surface area contributed by atoms with E-state index in [1.807, 2.05) is 24.1 Å². The van der Waals surface area contributed by atoms with E-state index in [9.17, 15) is 0 Å². The van der Waals surface area contributed by atoms with Crippen LogP contribution in [-0.2, 0) is 17.2 Å². The number of nitrogens with zero attached hydrogens (tertiary/aromatic N) is 4. The third kappa shape index (κ3) is 3.30. The molecule has 1 aliphatic heterocycles. The van der Waals surface area contributed by atoms with Crippen LogP contribution in [0, 0.1) is 0 Å². The highest BCUT2D eigenvalue weighted by Gasteiger charge is 2.27. The summed E-state index contributed by atoms with van der Waals surface area (Å²) >= 11 is 1.44. The van der Waals surface area contributed by atoms with Crippen LogP contribution in [0.2, 0.25) is 0 Å². The van der Waals surface area contributed by atoms with Gasteiger partial charge in [0.1, 0.15) is 11.9 Å². The molecule has 1 N–H and O–H groups in total. The van der Waals surface area contributed by atoms with Gasteiger partial charge >= 0.3 is 0 Å². The van der Waals surface area contributed by atoms with Gasteiger partial charge in [-0.05, 0) is 12.8 Å². The van der Waals surface area contributed by atoms with Crippen LogP contribution in [0.25, 0.3) is 0 Å². The highest BCUT2D eigenvalue weighted by molar-refractivity contribution is 7.09. The molecule has 0 unspecified atom stereocenters. The zero-order chi connectivity index (χ0) is 15.7. The first kappa shape index (κ1) is 15.4. The molecular formula is C15H23N5OS. The minimum absolute atomic E-state index is 0.0106. The summed E-state index contributed by atoms with van der Waals surface area (Å²) in [5.41, 5.74) is 1.11. The zero-order valence-electron chi connectivity index (χ0n) is 13.5. The van der Waals surface area contributed by atoms with Gasteiger partial charge in [-0.15, -0.1) is 0 Å². The molecule has 1 aliphatic rings. The summed E-state index contributed by atoms with van der Waals surface area (Å²) in [4.78, 5) is 8.80. The Balaban J connectivity index is 1.66. The van der Waals surface area contributed by atoms with E-state index in [2.05, 4.69) is 40.4 Å². The molecule has 6 nitrogen and oxygen atoms in total. The fraction of sp³-hybridized carbons (Fsp3) is 0.667. The number of imidazole rings is 1. The lowest BCUT2D eigenvalue weighted by Gasteiger charge is -2.30. The second-order valence-electron chi connectivity index (χ2n) is 6.83. The largest absolute Gasteiger partial charge is 0.372 e. The smallest absolute Gasteiger partial charge is 0.202 e. The molecule has 3 rings (SSSR count). The first-order chi connectivity index (χ1) is 10.4. The summed E-state index contributed by atoms with van der Waals surface area (Å²) in [6.07, 6.45) is 5.70. The molecule has 1 fully saturated rings. The number of ether oxygens (including phenoxy) is 1. The second-order valence-corrected chi connectivity index (χ2v) is 7.58. The third-order valence-electron chi connectivity index (χ3n) is 3.89. The van der Waals surface area contributed by atoms with Gasteiger partial charge < -0.3 is 14.6 Å². The van der Waals surface area contributed by atoms with Crippen molar-refractivity contribution in [3.05, 3.63) is 24.0 Å². The standard InChI is InChI=1S/C15H23N5OS/c1-15(2,3)13-18-14(22-19-13)17-10-5-6-21-12(7-10)11-8-16-9-20(11)4/h8-10,12H,5-7H2,1-4H3,(H,17,18,19)/t10-,12+/m1/s1. The van der Waals surface area contributed by atoms with E-state index < -0.39 is 0 Å². The predicted octanol–water partition coefficient (Wildman–Crippen LogP) is 2.90. The van der Waals surface area contributed by atoms with Gasteiger partial charge in [-0.1, -0.05) is 20.8 Å². The van der Waals surface area contributed by atoms with Gasteiger partial charge in [-0.25, -0.2) is 9.97 Å². The molecular weight excluding hydrogens is 298 g/mol. The predicted molar refractivity (Wildman–Crippen MR) is 87.2 cm³/mol. The summed E-state index contributed by atoms with van der Waals surface area (Å²) in [7, 11) is 2.00. The minimum atomic E-state index is -0.0106. The monoisotopic (exact) mass is 321 g/mol.